The number of aromatic nitrogens is 4. The van der Waals surface area contributed by atoms with Crippen molar-refractivity contribution in [3.63, 3.8) is 0 Å². The smallest absolute Gasteiger partial charge is 0.291 e. The van der Waals surface area contributed by atoms with Crippen LogP contribution in [0, 0.1) is 5.92 Å². The van der Waals surface area contributed by atoms with E-state index in [0.717, 1.165) is 0 Å². The van der Waals surface area contributed by atoms with Gasteiger partial charge in [-0.2, -0.15) is 4.72 Å². The number of piperazine rings is 1. The molecule has 0 aromatic carbocycles. The highest BCUT2D eigenvalue weighted by molar-refractivity contribution is 7.89. The lowest BCUT2D eigenvalue weighted by atomic mass is 10.1. The van der Waals surface area contributed by atoms with Crippen LogP contribution in [0.4, 0.5) is 23.2 Å². The topological polar surface area (TPSA) is 113 Å². The number of rotatable bonds is 8. The number of hydrogen-bond donors (Lipinski definition) is 1. The maximum Gasteiger partial charge on any atom is 0.291 e. The fraction of sp³-hybridized carbons (Fsp3) is 0.545. The molecule has 5 rings (SSSR count). The number of halogens is 4. The Morgan fingerprint density at radius 2 is 1.79 bits per heavy atom. The van der Waals surface area contributed by atoms with Gasteiger partial charge in [0.05, 0.1) is 22.9 Å². The van der Waals surface area contributed by atoms with Crippen molar-refractivity contribution >= 4 is 38.5 Å². The molecule has 10 nitrogen and oxygen atoms in total. The SMILES string of the molecule is CC(C)C(=O)N1CCN(c2cc(S(=O)(=O)NC3(C(F)F)CC3)cn3c(-c4nnc(C(F)F)s4)ncc23)CC1. The molecule has 0 radical (unpaired) electrons. The first kappa shape index (κ1) is 26.7. The van der Waals surface area contributed by atoms with Crippen LogP contribution in [-0.4, -0.2) is 77.0 Å². The molecule has 2 fully saturated rings. The molecular weight excluding hydrogens is 550 g/mol. The van der Waals surface area contributed by atoms with Crippen molar-refractivity contribution in [2.45, 2.75) is 50.0 Å². The molecule has 206 valence electrons. The van der Waals surface area contributed by atoms with Crippen LogP contribution >= 0.6 is 11.3 Å². The number of anilines is 1. The molecule has 1 N–H and O–H groups in total. The zero-order valence-electron chi connectivity index (χ0n) is 20.4. The summed E-state index contributed by atoms with van der Waals surface area (Å²) in [5.74, 6) is -0.0686. The summed E-state index contributed by atoms with van der Waals surface area (Å²) in [5, 5.41) is 6.80. The van der Waals surface area contributed by atoms with Crippen LogP contribution in [-0.2, 0) is 14.8 Å². The Morgan fingerprint density at radius 1 is 1.11 bits per heavy atom. The second-order valence-corrected chi connectivity index (χ2v) is 12.4. The van der Waals surface area contributed by atoms with Gasteiger partial charge in [0.25, 0.3) is 12.9 Å². The van der Waals surface area contributed by atoms with Crippen molar-refractivity contribution < 1.29 is 30.8 Å². The van der Waals surface area contributed by atoms with Gasteiger partial charge in [-0.1, -0.05) is 25.2 Å². The van der Waals surface area contributed by atoms with Crippen LogP contribution in [0.3, 0.4) is 0 Å². The monoisotopic (exact) mass is 575 g/mol. The van der Waals surface area contributed by atoms with Crippen LogP contribution in [0.5, 0.6) is 0 Å². The van der Waals surface area contributed by atoms with Crippen LogP contribution < -0.4 is 9.62 Å². The Labute approximate surface area is 219 Å². The maximum atomic E-state index is 13.5. The van der Waals surface area contributed by atoms with Crippen molar-refractivity contribution in [1.29, 1.82) is 0 Å². The minimum atomic E-state index is -4.40. The van der Waals surface area contributed by atoms with Crippen LogP contribution in [0.15, 0.2) is 23.4 Å². The Kier molecular flexibility index (Phi) is 6.84. The first-order chi connectivity index (χ1) is 17.9. The van der Waals surface area contributed by atoms with E-state index in [2.05, 4.69) is 19.9 Å². The fourth-order valence-corrected chi connectivity index (χ4v) is 6.53. The summed E-state index contributed by atoms with van der Waals surface area (Å²) >= 11 is 0.621. The summed E-state index contributed by atoms with van der Waals surface area (Å²) in [6.07, 6.45) is -3.00. The number of pyridine rings is 1. The average molecular weight is 576 g/mol. The zero-order chi connectivity index (χ0) is 27.4. The Bertz CT molecular complexity index is 1460. The minimum Gasteiger partial charge on any atom is -0.366 e. The lowest BCUT2D eigenvalue weighted by Gasteiger charge is -2.37. The average Bonchev–Trinajstić information content (AvgIpc) is 3.28. The predicted octanol–water partition coefficient (Wildman–Crippen LogP) is 3.17. The zero-order valence-corrected chi connectivity index (χ0v) is 22.1. The summed E-state index contributed by atoms with van der Waals surface area (Å²) in [4.78, 5) is 20.0. The molecule has 0 spiro atoms. The number of carbonyl (C=O) groups excluding carboxylic acids is 1. The Balaban J connectivity index is 1.57. The number of imidazole rings is 1. The van der Waals surface area contributed by atoms with Crippen molar-refractivity contribution in [2.24, 2.45) is 5.92 Å². The Morgan fingerprint density at radius 3 is 2.34 bits per heavy atom. The van der Waals surface area contributed by atoms with Gasteiger partial charge in [0.15, 0.2) is 15.8 Å². The number of hydrogen-bond acceptors (Lipinski definition) is 8. The van der Waals surface area contributed by atoms with Gasteiger partial charge in [0.1, 0.15) is 4.90 Å². The molecule has 3 aromatic rings. The lowest BCUT2D eigenvalue weighted by Crippen LogP contribution is -2.50. The molecule has 1 saturated heterocycles. The van der Waals surface area contributed by atoms with Crippen LogP contribution in [0.25, 0.3) is 16.3 Å². The molecule has 0 unspecified atom stereocenters. The predicted molar refractivity (Wildman–Crippen MR) is 131 cm³/mol. The van der Waals surface area contributed by atoms with E-state index in [4.69, 9.17) is 0 Å². The van der Waals surface area contributed by atoms with Crippen molar-refractivity contribution in [3.8, 4) is 10.8 Å². The highest BCUT2D eigenvalue weighted by atomic mass is 32.2. The molecule has 2 aliphatic rings. The van der Waals surface area contributed by atoms with E-state index in [1.807, 2.05) is 18.7 Å². The molecule has 16 heteroatoms. The maximum absolute atomic E-state index is 13.5. The van der Waals surface area contributed by atoms with E-state index in [1.54, 1.807) is 4.90 Å². The van der Waals surface area contributed by atoms with Gasteiger partial charge in [0, 0.05) is 38.3 Å². The van der Waals surface area contributed by atoms with E-state index in [0.29, 0.717) is 48.7 Å². The third-order valence-corrected chi connectivity index (χ3v) is 9.14. The number of fused-ring (bicyclic) bond motifs is 1. The number of sulfonamides is 1. The molecule has 3 aromatic heterocycles. The van der Waals surface area contributed by atoms with Gasteiger partial charge in [-0.25, -0.2) is 31.0 Å². The van der Waals surface area contributed by atoms with Crippen molar-refractivity contribution in [1.82, 2.24) is 29.2 Å². The van der Waals surface area contributed by atoms with E-state index in [1.165, 1.54) is 22.9 Å². The second-order valence-electron chi connectivity index (χ2n) is 9.67. The van der Waals surface area contributed by atoms with E-state index >= 15 is 0 Å². The van der Waals surface area contributed by atoms with E-state index in [-0.39, 0.29) is 40.4 Å². The van der Waals surface area contributed by atoms with Gasteiger partial charge in [-0.15, -0.1) is 10.2 Å². The van der Waals surface area contributed by atoms with Gasteiger partial charge in [-0.05, 0) is 18.9 Å². The quantitative estimate of drug-likeness (QED) is 0.411. The summed E-state index contributed by atoms with van der Waals surface area (Å²) in [6.45, 7) is 5.21. The number of alkyl halides is 4. The third-order valence-electron chi connectivity index (χ3n) is 6.69. The highest BCUT2D eigenvalue weighted by Crippen LogP contribution is 2.42. The Hall–Kier alpha value is -2.85. The normalized spacial score (nSPS) is 17.8. The third kappa shape index (κ3) is 4.84. The molecular formula is C22H25F4N7O3S2. The van der Waals surface area contributed by atoms with Crippen molar-refractivity contribution in [2.75, 3.05) is 31.1 Å². The summed E-state index contributed by atoms with van der Waals surface area (Å²) < 4.78 is 83.5. The van der Waals surface area contributed by atoms with Crippen LogP contribution in [0.2, 0.25) is 0 Å². The molecule has 0 bridgehead atoms. The number of nitrogens with one attached hydrogen (secondary N) is 1. The summed E-state index contributed by atoms with van der Waals surface area (Å²) in [5.41, 5.74) is -0.893. The van der Waals surface area contributed by atoms with Gasteiger partial charge >= 0.3 is 0 Å². The summed E-state index contributed by atoms with van der Waals surface area (Å²) in [6, 6.07) is 1.38. The van der Waals surface area contributed by atoms with Crippen LogP contribution in [0.1, 0.15) is 38.1 Å². The molecule has 1 aliphatic carbocycles. The van der Waals surface area contributed by atoms with Gasteiger partial charge in [0.2, 0.25) is 15.9 Å². The molecule has 0 atom stereocenters. The molecule has 38 heavy (non-hydrogen) atoms. The fourth-order valence-electron chi connectivity index (χ4n) is 4.38. The van der Waals surface area contributed by atoms with E-state index < -0.39 is 33.4 Å². The second kappa shape index (κ2) is 9.72. The van der Waals surface area contributed by atoms with E-state index in [9.17, 15) is 30.8 Å². The van der Waals surface area contributed by atoms with Crippen molar-refractivity contribution in [3.05, 3.63) is 23.5 Å². The lowest BCUT2D eigenvalue weighted by molar-refractivity contribution is -0.134. The highest BCUT2D eigenvalue weighted by Gasteiger charge is 2.54. The first-order valence-corrected chi connectivity index (χ1v) is 14.2. The number of nitrogens with zero attached hydrogens (tertiary/aromatic N) is 6. The van der Waals surface area contributed by atoms with Gasteiger partial charge in [-0.3, -0.25) is 9.20 Å². The number of amides is 1. The standard InChI is InChI=1S/C22H25F4N7O3S2/c1-12(2)20(34)32-7-5-31(6-8-32)14-9-13(38(35,36)30-22(3-4-22)21(25)26)11-33-15(14)10-27-17(33)19-29-28-18(37-19)16(23)24/h9-12,16,21,30H,3-8H2,1-2H3. The van der Waals surface area contributed by atoms with Gasteiger partial charge < -0.3 is 9.80 Å². The largest absolute Gasteiger partial charge is 0.366 e. The molecule has 4 heterocycles. The molecule has 1 aliphatic heterocycles. The first-order valence-electron chi connectivity index (χ1n) is 11.9. The minimum absolute atomic E-state index is 0.00907. The molecule has 1 saturated carbocycles. The number of carbonyl (C=O) groups is 1. The summed E-state index contributed by atoms with van der Waals surface area (Å²) in [7, 11) is -4.40. The molecule has 1 amide bonds.